The van der Waals surface area contributed by atoms with Crippen molar-refractivity contribution < 1.29 is 14.3 Å². The molecule has 1 unspecified atom stereocenters. The Kier molecular flexibility index (Phi) is 4.91. The first kappa shape index (κ1) is 15.6. The van der Waals surface area contributed by atoms with E-state index in [0.717, 1.165) is 39.0 Å². The third-order valence-electron chi connectivity index (χ3n) is 4.39. The fraction of sp³-hybridized carbons (Fsp3) is 0.933. The van der Waals surface area contributed by atoms with Crippen molar-refractivity contribution >= 4 is 6.09 Å². The van der Waals surface area contributed by atoms with E-state index in [0.29, 0.717) is 6.04 Å². The summed E-state index contributed by atoms with van der Waals surface area (Å²) in [7, 11) is 1.61. The largest absolute Gasteiger partial charge is 0.445 e. The number of ether oxygens (including phenoxy) is 2. The lowest BCUT2D eigenvalue weighted by atomic mass is 9.83. The van der Waals surface area contributed by atoms with Crippen LogP contribution in [-0.4, -0.2) is 56.0 Å². The Morgan fingerprint density at radius 1 is 1.25 bits per heavy atom. The van der Waals surface area contributed by atoms with Crippen LogP contribution in [0.15, 0.2) is 0 Å². The van der Waals surface area contributed by atoms with Gasteiger partial charge in [-0.1, -0.05) is 20.8 Å². The minimum atomic E-state index is -0.321. The molecule has 0 aromatic carbocycles. The Morgan fingerprint density at radius 2 is 1.90 bits per heavy atom. The second kappa shape index (κ2) is 6.31. The molecule has 1 amide bonds. The molecule has 0 saturated carbocycles. The number of rotatable bonds is 2. The fourth-order valence-corrected chi connectivity index (χ4v) is 3.59. The highest BCUT2D eigenvalue weighted by Crippen LogP contribution is 2.37. The maximum absolute atomic E-state index is 11.6. The Hall–Kier alpha value is -0.810. The molecule has 2 aliphatic heterocycles. The third-order valence-corrected chi connectivity index (χ3v) is 4.39. The number of nitrogens with zero attached hydrogens (tertiary/aromatic N) is 1. The minimum absolute atomic E-state index is 0.0159. The van der Waals surface area contributed by atoms with Crippen LogP contribution < -0.4 is 5.32 Å². The molecule has 5 heteroatoms. The number of nitrogens with one attached hydrogen (secondary N) is 1. The van der Waals surface area contributed by atoms with Crippen molar-refractivity contribution in [1.82, 2.24) is 10.2 Å². The minimum Gasteiger partial charge on any atom is -0.445 e. The molecule has 0 aromatic rings. The van der Waals surface area contributed by atoms with Crippen LogP contribution in [0, 0.1) is 5.41 Å². The van der Waals surface area contributed by atoms with E-state index in [1.807, 2.05) is 0 Å². The zero-order valence-corrected chi connectivity index (χ0v) is 13.1. The molecule has 2 rings (SSSR count). The van der Waals surface area contributed by atoms with Crippen LogP contribution in [0.25, 0.3) is 0 Å². The standard InChI is InChI=1S/C15H28N2O3/c1-15(2,3)13-12(20-14(18)16-4)5-8-17(13)11-6-9-19-10-7-11/h11-13H,5-10H2,1-4H3,(H,16,18)/t12?,13-/m1/s1. The van der Waals surface area contributed by atoms with Crippen molar-refractivity contribution in [2.45, 2.75) is 58.2 Å². The van der Waals surface area contributed by atoms with E-state index in [9.17, 15) is 4.79 Å². The van der Waals surface area contributed by atoms with E-state index in [4.69, 9.17) is 9.47 Å². The maximum atomic E-state index is 11.6. The summed E-state index contributed by atoms with van der Waals surface area (Å²) in [6, 6.07) is 0.842. The van der Waals surface area contributed by atoms with Gasteiger partial charge in [0.05, 0.1) is 6.04 Å². The molecule has 5 nitrogen and oxygen atoms in total. The summed E-state index contributed by atoms with van der Waals surface area (Å²) in [6.07, 6.45) is 2.75. The summed E-state index contributed by atoms with van der Waals surface area (Å²) in [5, 5.41) is 2.56. The zero-order chi connectivity index (χ0) is 14.8. The molecule has 2 fully saturated rings. The molecule has 0 bridgehead atoms. The summed E-state index contributed by atoms with van der Waals surface area (Å²) in [5.41, 5.74) is 0.0908. The smallest absolute Gasteiger partial charge is 0.407 e. The van der Waals surface area contributed by atoms with Crippen LogP contribution in [0.3, 0.4) is 0 Å². The summed E-state index contributed by atoms with van der Waals surface area (Å²) in [5.74, 6) is 0. The maximum Gasteiger partial charge on any atom is 0.407 e. The van der Waals surface area contributed by atoms with E-state index < -0.39 is 0 Å². The van der Waals surface area contributed by atoms with E-state index >= 15 is 0 Å². The quantitative estimate of drug-likeness (QED) is 0.843. The van der Waals surface area contributed by atoms with Crippen LogP contribution in [0.4, 0.5) is 4.79 Å². The predicted molar refractivity (Wildman–Crippen MR) is 77.7 cm³/mol. The molecule has 0 radical (unpaired) electrons. The molecular formula is C15H28N2O3. The van der Waals surface area contributed by atoms with Gasteiger partial charge in [-0.25, -0.2) is 4.79 Å². The van der Waals surface area contributed by atoms with Crippen LogP contribution in [0.5, 0.6) is 0 Å². The highest BCUT2D eigenvalue weighted by molar-refractivity contribution is 5.67. The summed E-state index contributed by atoms with van der Waals surface area (Å²) < 4.78 is 11.1. The summed E-state index contributed by atoms with van der Waals surface area (Å²) in [6.45, 7) is 9.40. The number of amides is 1. The summed E-state index contributed by atoms with van der Waals surface area (Å²) >= 11 is 0. The normalized spacial score (nSPS) is 29.4. The molecule has 2 heterocycles. The van der Waals surface area contributed by atoms with Gasteiger partial charge in [-0.15, -0.1) is 0 Å². The lowest BCUT2D eigenvalue weighted by Crippen LogP contribution is -2.52. The molecule has 116 valence electrons. The van der Waals surface area contributed by atoms with E-state index in [2.05, 4.69) is 31.0 Å². The number of likely N-dealkylation sites (tertiary alicyclic amines) is 1. The Morgan fingerprint density at radius 3 is 2.45 bits per heavy atom. The molecule has 2 saturated heterocycles. The highest BCUT2D eigenvalue weighted by Gasteiger charge is 2.46. The number of alkyl carbamates (subject to hydrolysis) is 1. The molecular weight excluding hydrogens is 256 g/mol. The van der Waals surface area contributed by atoms with Crippen LogP contribution in [0.1, 0.15) is 40.0 Å². The average Bonchev–Trinajstić information content (AvgIpc) is 2.83. The molecule has 20 heavy (non-hydrogen) atoms. The average molecular weight is 284 g/mol. The topological polar surface area (TPSA) is 50.8 Å². The van der Waals surface area contributed by atoms with Gasteiger partial charge < -0.3 is 14.8 Å². The van der Waals surface area contributed by atoms with Crippen LogP contribution in [0.2, 0.25) is 0 Å². The molecule has 0 spiro atoms. The van der Waals surface area contributed by atoms with Crippen LogP contribution >= 0.6 is 0 Å². The van der Waals surface area contributed by atoms with Gasteiger partial charge in [-0.2, -0.15) is 0 Å². The van der Waals surface area contributed by atoms with Gasteiger partial charge in [0.2, 0.25) is 0 Å². The predicted octanol–water partition coefficient (Wildman–Crippen LogP) is 2.01. The zero-order valence-electron chi connectivity index (χ0n) is 13.1. The van der Waals surface area contributed by atoms with Gasteiger partial charge >= 0.3 is 6.09 Å². The Balaban J connectivity index is 2.10. The number of hydrogen-bond acceptors (Lipinski definition) is 4. The summed E-state index contributed by atoms with van der Waals surface area (Å²) in [4.78, 5) is 14.1. The monoisotopic (exact) mass is 284 g/mol. The second-order valence-corrected chi connectivity index (χ2v) is 6.87. The molecule has 2 atom stereocenters. The molecule has 1 N–H and O–H groups in total. The number of hydrogen-bond donors (Lipinski definition) is 1. The Bertz CT molecular complexity index is 335. The van der Waals surface area contributed by atoms with Gasteiger partial charge in [0, 0.05) is 32.8 Å². The van der Waals surface area contributed by atoms with Crippen molar-refractivity contribution in [3.05, 3.63) is 0 Å². The molecule has 0 aromatic heterocycles. The number of carbonyl (C=O) groups is 1. The van der Waals surface area contributed by atoms with Gasteiger partial charge in [0.25, 0.3) is 0 Å². The molecule has 0 aliphatic carbocycles. The van der Waals surface area contributed by atoms with Crippen molar-refractivity contribution in [3.8, 4) is 0 Å². The lowest BCUT2D eigenvalue weighted by Gasteiger charge is -2.42. The van der Waals surface area contributed by atoms with E-state index in [1.54, 1.807) is 7.05 Å². The lowest BCUT2D eigenvalue weighted by molar-refractivity contribution is -0.0203. The van der Waals surface area contributed by atoms with Crippen molar-refractivity contribution in [1.29, 1.82) is 0 Å². The van der Waals surface area contributed by atoms with E-state index in [1.165, 1.54) is 0 Å². The van der Waals surface area contributed by atoms with Crippen molar-refractivity contribution in [2.24, 2.45) is 5.41 Å². The number of carbonyl (C=O) groups excluding carboxylic acids is 1. The third kappa shape index (κ3) is 3.44. The first-order valence-electron chi connectivity index (χ1n) is 7.65. The van der Waals surface area contributed by atoms with E-state index in [-0.39, 0.29) is 23.7 Å². The van der Waals surface area contributed by atoms with Crippen molar-refractivity contribution in [2.75, 3.05) is 26.8 Å². The van der Waals surface area contributed by atoms with Gasteiger partial charge in [-0.3, -0.25) is 4.90 Å². The van der Waals surface area contributed by atoms with Gasteiger partial charge in [-0.05, 0) is 24.7 Å². The first-order valence-corrected chi connectivity index (χ1v) is 7.65. The first-order chi connectivity index (χ1) is 9.43. The Labute approximate surface area is 122 Å². The second-order valence-electron chi connectivity index (χ2n) is 6.87. The highest BCUT2D eigenvalue weighted by atomic mass is 16.6. The molecule has 2 aliphatic rings. The fourth-order valence-electron chi connectivity index (χ4n) is 3.59. The van der Waals surface area contributed by atoms with Gasteiger partial charge in [0.15, 0.2) is 0 Å². The van der Waals surface area contributed by atoms with Gasteiger partial charge in [0.1, 0.15) is 6.10 Å². The van der Waals surface area contributed by atoms with Crippen molar-refractivity contribution in [3.63, 3.8) is 0 Å². The SMILES string of the molecule is CNC(=O)OC1CCN(C2CCOCC2)[C@H]1C(C)(C)C. The van der Waals surface area contributed by atoms with Crippen LogP contribution in [-0.2, 0) is 9.47 Å².